The summed E-state index contributed by atoms with van der Waals surface area (Å²) in [6.07, 6.45) is 54.8. The Kier molecular flexibility index (Phi) is 39.4. The van der Waals surface area contributed by atoms with Gasteiger partial charge in [-0.05, 0) is 51.4 Å². The fourth-order valence-electron chi connectivity index (χ4n) is 6.35. The van der Waals surface area contributed by atoms with E-state index in [0.29, 0.717) is 12.8 Å². The number of aliphatic hydroxyl groups excluding tert-OH is 2. The normalized spacial score (nSPS) is 13.5. The molecule has 0 aliphatic rings. The minimum absolute atomic E-state index is 0.0719. The van der Waals surface area contributed by atoms with Gasteiger partial charge >= 0.3 is 0 Å². The molecule has 0 aromatic carbocycles. The Morgan fingerprint density at radius 3 is 1.31 bits per heavy atom. The van der Waals surface area contributed by atoms with E-state index in [-0.39, 0.29) is 12.5 Å². The number of unbranched alkanes of at least 4 members (excludes halogenated alkanes) is 23. The monoisotopic (exact) mass is 686 g/mol. The summed E-state index contributed by atoms with van der Waals surface area (Å²) in [5.41, 5.74) is 0. The number of nitrogens with one attached hydrogen (secondary N) is 1. The van der Waals surface area contributed by atoms with Gasteiger partial charge in [-0.2, -0.15) is 0 Å². The standard InChI is InChI=1S/C45H83NO3/c1-3-5-7-9-11-13-15-17-19-20-21-22-23-24-25-27-28-30-32-34-36-38-40-44(48)43(42-47)46-45(49)41-39-37-35-33-31-29-26-18-16-14-12-10-8-6-4-2/h6,8,12,14,18,26,31,33,43-44,47-48H,3-5,7,9-11,13,15-17,19-25,27-30,32,34-42H2,1-2H3,(H,46,49)/b8-6-,14-12-,26-18-,33-31-. The molecule has 0 aromatic rings. The fourth-order valence-corrected chi connectivity index (χ4v) is 6.35. The lowest BCUT2D eigenvalue weighted by atomic mass is 10.0. The zero-order valence-electron chi connectivity index (χ0n) is 32.7. The maximum Gasteiger partial charge on any atom is 0.220 e. The van der Waals surface area contributed by atoms with Crippen molar-refractivity contribution in [3.8, 4) is 0 Å². The fraction of sp³-hybridized carbons (Fsp3) is 0.800. The minimum atomic E-state index is -0.677. The minimum Gasteiger partial charge on any atom is -0.394 e. The topological polar surface area (TPSA) is 69.6 Å². The highest BCUT2D eigenvalue weighted by molar-refractivity contribution is 5.76. The number of carbonyl (C=O) groups excluding carboxylic acids is 1. The van der Waals surface area contributed by atoms with Crippen LogP contribution < -0.4 is 5.32 Å². The Bertz CT molecular complexity index is 786. The van der Waals surface area contributed by atoms with Crippen LogP contribution in [0.1, 0.15) is 213 Å². The smallest absolute Gasteiger partial charge is 0.220 e. The Morgan fingerprint density at radius 1 is 0.510 bits per heavy atom. The highest BCUT2D eigenvalue weighted by atomic mass is 16.3. The third-order valence-corrected chi connectivity index (χ3v) is 9.60. The first kappa shape index (κ1) is 47.4. The molecule has 2 unspecified atom stereocenters. The molecule has 49 heavy (non-hydrogen) atoms. The Balaban J connectivity index is 3.56. The molecule has 0 aromatic heterocycles. The van der Waals surface area contributed by atoms with Gasteiger partial charge in [0.15, 0.2) is 0 Å². The van der Waals surface area contributed by atoms with E-state index in [4.69, 9.17) is 0 Å². The van der Waals surface area contributed by atoms with Crippen molar-refractivity contribution in [2.45, 2.75) is 225 Å². The van der Waals surface area contributed by atoms with Gasteiger partial charge in [0, 0.05) is 6.42 Å². The highest BCUT2D eigenvalue weighted by Gasteiger charge is 2.19. The molecule has 0 aliphatic heterocycles. The molecule has 4 nitrogen and oxygen atoms in total. The summed E-state index contributed by atoms with van der Waals surface area (Å²) in [5.74, 6) is -0.0719. The van der Waals surface area contributed by atoms with E-state index < -0.39 is 12.1 Å². The van der Waals surface area contributed by atoms with Crippen LogP contribution in [0.15, 0.2) is 48.6 Å². The second kappa shape index (κ2) is 40.8. The molecule has 3 N–H and O–H groups in total. The lowest BCUT2D eigenvalue weighted by Gasteiger charge is -2.22. The molecular formula is C45H83NO3. The maximum absolute atomic E-state index is 12.4. The number of rotatable bonds is 38. The van der Waals surface area contributed by atoms with E-state index in [1.54, 1.807) is 0 Å². The quantitative estimate of drug-likeness (QED) is 0.0447. The molecule has 2 atom stereocenters. The predicted octanol–water partition coefficient (Wildman–Crippen LogP) is 13.2. The summed E-state index contributed by atoms with van der Waals surface area (Å²) in [6.45, 7) is 4.23. The summed E-state index contributed by atoms with van der Waals surface area (Å²) < 4.78 is 0. The van der Waals surface area contributed by atoms with Gasteiger partial charge in [-0.1, -0.05) is 204 Å². The first-order valence-electron chi connectivity index (χ1n) is 21.3. The zero-order chi connectivity index (χ0) is 35.7. The Hall–Kier alpha value is -1.65. The second-order valence-corrected chi connectivity index (χ2v) is 14.4. The third-order valence-electron chi connectivity index (χ3n) is 9.60. The van der Waals surface area contributed by atoms with Crippen molar-refractivity contribution >= 4 is 5.91 Å². The van der Waals surface area contributed by atoms with Crippen LogP contribution in [0.2, 0.25) is 0 Å². The van der Waals surface area contributed by atoms with Crippen molar-refractivity contribution in [2.75, 3.05) is 6.61 Å². The average Bonchev–Trinajstić information content (AvgIpc) is 3.10. The van der Waals surface area contributed by atoms with Crippen LogP contribution in [0.5, 0.6) is 0 Å². The van der Waals surface area contributed by atoms with Gasteiger partial charge in [0.05, 0.1) is 18.8 Å². The van der Waals surface area contributed by atoms with E-state index in [2.05, 4.69) is 67.8 Å². The molecule has 0 radical (unpaired) electrons. The number of hydrogen-bond donors (Lipinski definition) is 3. The van der Waals surface area contributed by atoms with E-state index >= 15 is 0 Å². The molecule has 0 heterocycles. The van der Waals surface area contributed by atoms with Crippen molar-refractivity contribution in [1.29, 1.82) is 0 Å². The molecule has 0 fully saturated rings. The molecule has 0 saturated carbocycles. The molecule has 0 bridgehead atoms. The maximum atomic E-state index is 12.4. The van der Waals surface area contributed by atoms with Crippen LogP contribution in [0.4, 0.5) is 0 Å². The average molecular weight is 686 g/mol. The number of amides is 1. The summed E-state index contributed by atoms with van der Waals surface area (Å²) in [6, 6.07) is -0.559. The highest BCUT2D eigenvalue weighted by Crippen LogP contribution is 2.16. The molecule has 0 aliphatic carbocycles. The van der Waals surface area contributed by atoms with Gasteiger partial charge in [-0.25, -0.2) is 0 Å². The summed E-state index contributed by atoms with van der Waals surface area (Å²) >= 11 is 0. The van der Waals surface area contributed by atoms with Gasteiger partial charge in [0.2, 0.25) is 5.91 Å². The van der Waals surface area contributed by atoms with Crippen molar-refractivity contribution in [1.82, 2.24) is 5.32 Å². The van der Waals surface area contributed by atoms with Crippen molar-refractivity contribution in [3.63, 3.8) is 0 Å². The van der Waals surface area contributed by atoms with Gasteiger partial charge in [0.1, 0.15) is 0 Å². The zero-order valence-corrected chi connectivity index (χ0v) is 32.7. The van der Waals surface area contributed by atoms with Crippen LogP contribution in [-0.2, 0) is 4.79 Å². The van der Waals surface area contributed by atoms with Crippen LogP contribution in [0, 0.1) is 0 Å². The van der Waals surface area contributed by atoms with E-state index in [1.807, 2.05) is 0 Å². The van der Waals surface area contributed by atoms with Gasteiger partial charge in [0.25, 0.3) is 0 Å². The largest absolute Gasteiger partial charge is 0.394 e. The van der Waals surface area contributed by atoms with Gasteiger partial charge < -0.3 is 15.5 Å². The Labute approximate surface area is 305 Å². The number of aliphatic hydroxyl groups is 2. The number of allylic oxidation sites excluding steroid dienone is 8. The molecular weight excluding hydrogens is 602 g/mol. The molecule has 0 spiro atoms. The van der Waals surface area contributed by atoms with Gasteiger partial charge in [-0.15, -0.1) is 0 Å². The first-order chi connectivity index (χ1) is 24.2. The number of carbonyl (C=O) groups is 1. The first-order valence-corrected chi connectivity index (χ1v) is 21.3. The van der Waals surface area contributed by atoms with E-state index in [0.717, 1.165) is 57.8 Å². The predicted molar refractivity (Wildman–Crippen MR) is 216 cm³/mol. The van der Waals surface area contributed by atoms with Crippen LogP contribution >= 0.6 is 0 Å². The summed E-state index contributed by atoms with van der Waals surface area (Å²) in [4.78, 5) is 12.4. The summed E-state index contributed by atoms with van der Waals surface area (Å²) in [7, 11) is 0. The van der Waals surface area contributed by atoms with Crippen LogP contribution in [0.25, 0.3) is 0 Å². The molecule has 0 saturated heterocycles. The van der Waals surface area contributed by atoms with E-state index in [9.17, 15) is 15.0 Å². The number of hydrogen-bond acceptors (Lipinski definition) is 3. The lowest BCUT2D eigenvalue weighted by Crippen LogP contribution is -2.45. The second-order valence-electron chi connectivity index (χ2n) is 14.4. The van der Waals surface area contributed by atoms with Crippen molar-refractivity contribution < 1.29 is 15.0 Å². The molecule has 4 heteroatoms. The van der Waals surface area contributed by atoms with Crippen LogP contribution in [-0.4, -0.2) is 34.9 Å². The van der Waals surface area contributed by atoms with Crippen molar-refractivity contribution in [2.24, 2.45) is 0 Å². The third kappa shape index (κ3) is 37.4. The molecule has 286 valence electrons. The van der Waals surface area contributed by atoms with Gasteiger partial charge in [-0.3, -0.25) is 4.79 Å². The Morgan fingerprint density at radius 2 is 0.898 bits per heavy atom. The van der Waals surface area contributed by atoms with Crippen LogP contribution in [0.3, 0.4) is 0 Å². The summed E-state index contributed by atoms with van der Waals surface area (Å²) in [5, 5.41) is 23.1. The lowest BCUT2D eigenvalue weighted by molar-refractivity contribution is -0.123. The van der Waals surface area contributed by atoms with E-state index in [1.165, 1.54) is 128 Å². The molecule has 0 rings (SSSR count). The van der Waals surface area contributed by atoms with Crippen molar-refractivity contribution in [3.05, 3.63) is 48.6 Å². The SMILES string of the molecule is CC/C=C\C/C=C\C/C=C\C/C=C\CCCCC(=O)NC(CO)C(O)CCCCCCCCCCCCCCCCCCCCCCCC. The molecule has 1 amide bonds.